The molecule has 4 rings (SSSR count). The third kappa shape index (κ3) is 3.05. The summed E-state index contributed by atoms with van der Waals surface area (Å²) in [5.41, 5.74) is 0.216. The fourth-order valence-electron chi connectivity index (χ4n) is 8.71. The summed E-state index contributed by atoms with van der Waals surface area (Å²) in [6, 6.07) is 0. The lowest BCUT2D eigenvalue weighted by atomic mass is 9.43. The molecule has 4 heteroatoms. The normalized spacial score (nSPS) is 51.7. The second-order valence-corrected chi connectivity index (χ2v) is 11.3. The maximum Gasteiger partial charge on any atom is 0.303 e. The molecule has 4 saturated carbocycles. The van der Waals surface area contributed by atoms with Crippen LogP contribution in [0.15, 0.2) is 0 Å². The number of hydrogen-bond acceptors (Lipinski definition) is 3. The Morgan fingerprint density at radius 3 is 2.50 bits per heavy atom. The van der Waals surface area contributed by atoms with Gasteiger partial charge in [-0.15, -0.1) is 0 Å². The topological polar surface area (TPSA) is 77.8 Å². The van der Waals surface area contributed by atoms with Crippen molar-refractivity contribution in [3.05, 3.63) is 0 Å². The van der Waals surface area contributed by atoms with E-state index in [1.54, 1.807) is 0 Å². The second-order valence-electron chi connectivity index (χ2n) is 11.3. The summed E-state index contributed by atoms with van der Waals surface area (Å²) in [6.07, 6.45) is 9.26. The van der Waals surface area contributed by atoms with Crippen LogP contribution in [-0.4, -0.2) is 33.5 Å². The maximum atomic E-state index is 11.5. The molecule has 0 amide bonds. The predicted octanol–water partition coefficient (Wildman–Crippen LogP) is 4.48. The largest absolute Gasteiger partial charge is 0.481 e. The van der Waals surface area contributed by atoms with E-state index in [-0.39, 0.29) is 29.5 Å². The Bertz CT molecular complexity index is 605. The Labute approximate surface area is 170 Å². The van der Waals surface area contributed by atoms with Gasteiger partial charge >= 0.3 is 5.97 Å². The zero-order valence-corrected chi connectivity index (χ0v) is 17.9. The van der Waals surface area contributed by atoms with E-state index in [0.717, 1.165) is 38.5 Å². The third-order valence-corrected chi connectivity index (χ3v) is 10.3. The van der Waals surface area contributed by atoms with Crippen LogP contribution in [0.1, 0.15) is 85.0 Å². The van der Waals surface area contributed by atoms with Crippen molar-refractivity contribution in [2.45, 2.75) is 97.2 Å². The van der Waals surface area contributed by atoms with Crippen molar-refractivity contribution in [3.8, 4) is 0 Å². The molecular weight excluding hydrogens is 352 g/mol. The monoisotopic (exact) mass is 392 g/mol. The first kappa shape index (κ1) is 20.7. The SMILES string of the molecule is CC(CCC(=O)O)C1CC[C@H]2C3CC[C@@H]4C[C@H](O)CC[C@]4(C)C3C[C@H](O)[C@]12C. The molecule has 0 aromatic heterocycles. The number of aliphatic hydroxyl groups is 2. The van der Waals surface area contributed by atoms with Crippen molar-refractivity contribution >= 4 is 5.97 Å². The van der Waals surface area contributed by atoms with E-state index in [1.165, 1.54) is 19.3 Å². The number of carboxylic acid groups (broad SMARTS) is 1. The average Bonchev–Trinajstić information content (AvgIpc) is 3.00. The maximum absolute atomic E-state index is 11.5. The van der Waals surface area contributed by atoms with Crippen LogP contribution in [0.2, 0.25) is 0 Å². The molecule has 0 spiro atoms. The molecule has 160 valence electrons. The van der Waals surface area contributed by atoms with E-state index in [0.29, 0.717) is 35.5 Å². The van der Waals surface area contributed by atoms with Crippen molar-refractivity contribution in [2.24, 2.45) is 46.3 Å². The Hall–Kier alpha value is -0.610. The molecule has 10 atom stereocenters. The Kier molecular flexibility index (Phi) is 5.36. The van der Waals surface area contributed by atoms with E-state index < -0.39 is 5.97 Å². The molecule has 3 N–H and O–H groups in total. The van der Waals surface area contributed by atoms with Gasteiger partial charge in [0.2, 0.25) is 0 Å². The lowest BCUT2D eigenvalue weighted by Crippen LogP contribution is -2.58. The highest BCUT2D eigenvalue weighted by Crippen LogP contribution is 2.68. The van der Waals surface area contributed by atoms with Crippen LogP contribution < -0.4 is 0 Å². The molecule has 0 aromatic carbocycles. The van der Waals surface area contributed by atoms with Gasteiger partial charge < -0.3 is 15.3 Å². The highest BCUT2D eigenvalue weighted by Gasteiger charge is 2.63. The number of aliphatic carboxylic acids is 1. The molecule has 4 aliphatic rings. The molecular formula is C24H40O4. The zero-order chi connectivity index (χ0) is 20.3. The summed E-state index contributed by atoms with van der Waals surface area (Å²) in [5.74, 6) is 2.55. The molecule has 0 radical (unpaired) electrons. The molecule has 4 unspecified atom stereocenters. The minimum atomic E-state index is -0.707. The fourth-order valence-corrected chi connectivity index (χ4v) is 8.71. The highest BCUT2D eigenvalue weighted by atomic mass is 16.4. The molecule has 0 aliphatic heterocycles. The number of carboxylic acids is 1. The van der Waals surface area contributed by atoms with Crippen LogP contribution in [0.4, 0.5) is 0 Å². The van der Waals surface area contributed by atoms with Gasteiger partial charge in [0, 0.05) is 6.42 Å². The average molecular weight is 393 g/mol. The van der Waals surface area contributed by atoms with Crippen LogP contribution in [0, 0.1) is 46.3 Å². The summed E-state index contributed by atoms with van der Waals surface area (Å²) >= 11 is 0. The van der Waals surface area contributed by atoms with Crippen LogP contribution in [0.5, 0.6) is 0 Å². The van der Waals surface area contributed by atoms with E-state index in [4.69, 9.17) is 5.11 Å². The van der Waals surface area contributed by atoms with E-state index in [1.807, 2.05) is 0 Å². The van der Waals surface area contributed by atoms with Crippen molar-refractivity contribution in [1.29, 1.82) is 0 Å². The van der Waals surface area contributed by atoms with Gasteiger partial charge in [-0.3, -0.25) is 4.79 Å². The van der Waals surface area contributed by atoms with Crippen molar-refractivity contribution in [3.63, 3.8) is 0 Å². The molecule has 0 aromatic rings. The van der Waals surface area contributed by atoms with E-state index >= 15 is 0 Å². The fraction of sp³-hybridized carbons (Fsp3) is 0.958. The van der Waals surface area contributed by atoms with Gasteiger partial charge in [-0.05, 0) is 104 Å². The van der Waals surface area contributed by atoms with Crippen LogP contribution >= 0.6 is 0 Å². The lowest BCUT2D eigenvalue weighted by Gasteiger charge is -2.62. The van der Waals surface area contributed by atoms with Crippen LogP contribution in [0.3, 0.4) is 0 Å². The first-order valence-electron chi connectivity index (χ1n) is 11.8. The minimum Gasteiger partial charge on any atom is -0.481 e. The standard InChI is InChI=1S/C24H40O4/c1-14(4-9-22(27)28)18-7-8-19-17-6-5-15-12-16(25)10-11-23(15,2)20(17)13-21(26)24(18,19)3/h14-21,25-26H,4-13H2,1-3H3,(H,27,28)/t14?,15-,16-,17?,18?,19+,20?,21+,23+,24-/m1/s1. The predicted molar refractivity (Wildman–Crippen MR) is 109 cm³/mol. The van der Waals surface area contributed by atoms with E-state index in [9.17, 15) is 15.0 Å². The van der Waals surface area contributed by atoms with Crippen molar-refractivity contribution in [1.82, 2.24) is 0 Å². The summed E-state index contributed by atoms with van der Waals surface area (Å²) in [6.45, 7) is 6.99. The van der Waals surface area contributed by atoms with Gasteiger partial charge in [0.25, 0.3) is 0 Å². The Morgan fingerprint density at radius 2 is 1.79 bits per heavy atom. The molecule has 0 saturated heterocycles. The summed E-state index contributed by atoms with van der Waals surface area (Å²) in [5, 5.41) is 30.8. The van der Waals surface area contributed by atoms with Crippen molar-refractivity contribution in [2.75, 3.05) is 0 Å². The van der Waals surface area contributed by atoms with Crippen molar-refractivity contribution < 1.29 is 20.1 Å². The zero-order valence-electron chi connectivity index (χ0n) is 17.9. The summed E-state index contributed by atoms with van der Waals surface area (Å²) in [4.78, 5) is 11.1. The minimum absolute atomic E-state index is 0.0591. The lowest BCUT2D eigenvalue weighted by molar-refractivity contribution is -0.175. The van der Waals surface area contributed by atoms with Gasteiger partial charge in [0.15, 0.2) is 0 Å². The van der Waals surface area contributed by atoms with E-state index in [2.05, 4.69) is 20.8 Å². The summed E-state index contributed by atoms with van der Waals surface area (Å²) < 4.78 is 0. The number of aliphatic hydroxyl groups excluding tert-OH is 2. The van der Waals surface area contributed by atoms with Gasteiger partial charge in [0.05, 0.1) is 12.2 Å². The summed E-state index contributed by atoms with van der Waals surface area (Å²) in [7, 11) is 0. The first-order chi connectivity index (χ1) is 13.2. The Morgan fingerprint density at radius 1 is 1.04 bits per heavy atom. The molecule has 0 bridgehead atoms. The molecule has 4 fully saturated rings. The molecule has 4 nitrogen and oxygen atoms in total. The highest BCUT2D eigenvalue weighted by molar-refractivity contribution is 5.66. The van der Waals surface area contributed by atoms with Crippen LogP contribution in [0.25, 0.3) is 0 Å². The quantitative estimate of drug-likeness (QED) is 0.659. The smallest absolute Gasteiger partial charge is 0.303 e. The number of carbonyl (C=O) groups is 1. The van der Waals surface area contributed by atoms with Gasteiger partial charge in [-0.1, -0.05) is 20.8 Å². The number of fused-ring (bicyclic) bond motifs is 5. The van der Waals surface area contributed by atoms with Gasteiger partial charge in [-0.25, -0.2) is 0 Å². The van der Waals surface area contributed by atoms with Gasteiger partial charge in [-0.2, -0.15) is 0 Å². The molecule has 4 aliphatic carbocycles. The third-order valence-electron chi connectivity index (χ3n) is 10.3. The number of hydrogen-bond donors (Lipinski definition) is 3. The van der Waals surface area contributed by atoms with Crippen LogP contribution in [-0.2, 0) is 4.79 Å². The molecule has 28 heavy (non-hydrogen) atoms. The van der Waals surface area contributed by atoms with Gasteiger partial charge in [0.1, 0.15) is 0 Å². The first-order valence-corrected chi connectivity index (χ1v) is 11.8. The number of rotatable bonds is 4. The Balaban J connectivity index is 1.56. The molecule has 0 heterocycles. The second kappa shape index (κ2) is 7.27.